The fraction of sp³-hybridized carbons (Fsp3) is 0.833. The van der Waals surface area contributed by atoms with Crippen LogP contribution >= 0.6 is 12.4 Å². The van der Waals surface area contributed by atoms with E-state index in [0.717, 1.165) is 45.0 Å². The van der Waals surface area contributed by atoms with Crippen LogP contribution in [0.5, 0.6) is 0 Å². The molecule has 1 saturated heterocycles. The van der Waals surface area contributed by atoms with E-state index >= 15 is 0 Å². The Morgan fingerprint density at radius 1 is 1.32 bits per heavy atom. The van der Waals surface area contributed by atoms with Crippen molar-refractivity contribution in [3.05, 3.63) is 0 Å². The second kappa shape index (κ2) is 9.86. The molecule has 1 aliphatic heterocycles. The number of carbonyl (C=O) groups excluding carboxylic acids is 1. The maximum Gasteiger partial charge on any atom is 0.247 e. The van der Waals surface area contributed by atoms with Crippen molar-refractivity contribution in [2.75, 3.05) is 25.9 Å². The second-order valence-electron chi connectivity index (χ2n) is 5.22. The number of likely N-dealkylation sites (tertiary alicyclic amines) is 1. The lowest BCUT2D eigenvalue weighted by atomic mass is 10.1. The molecule has 8 nitrogen and oxygen atoms in total. The maximum absolute atomic E-state index is 12.4. The minimum absolute atomic E-state index is 0. The van der Waals surface area contributed by atoms with Crippen LogP contribution in [0, 0.1) is 0 Å². The summed E-state index contributed by atoms with van der Waals surface area (Å²) in [5, 5.41) is 0. The van der Waals surface area contributed by atoms with Gasteiger partial charge in [-0.3, -0.25) is 9.52 Å². The minimum atomic E-state index is -3.49. The molecule has 1 heterocycles. The van der Waals surface area contributed by atoms with Crippen LogP contribution in [0.4, 0.5) is 0 Å². The SMILES string of the molecule is CS(=O)(=O)NC(N)=NC(CCCCN)C(=O)N1CCCC1.Cl. The molecule has 1 atom stereocenters. The van der Waals surface area contributed by atoms with Crippen molar-refractivity contribution >= 4 is 34.3 Å². The molecule has 130 valence electrons. The summed E-state index contributed by atoms with van der Waals surface area (Å²) in [4.78, 5) is 18.2. The molecule has 10 heteroatoms. The van der Waals surface area contributed by atoms with Gasteiger partial charge in [0.1, 0.15) is 6.04 Å². The van der Waals surface area contributed by atoms with Crippen molar-refractivity contribution in [1.82, 2.24) is 9.62 Å². The molecule has 0 radical (unpaired) electrons. The maximum atomic E-state index is 12.4. The molecular formula is C12H26ClN5O3S. The number of sulfonamides is 1. The Bertz CT molecular complexity index is 477. The van der Waals surface area contributed by atoms with Gasteiger partial charge in [0, 0.05) is 13.1 Å². The third-order valence-electron chi connectivity index (χ3n) is 3.22. The van der Waals surface area contributed by atoms with Crippen LogP contribution in [0.15, 0.2) is 4.99 Å². The standard InChI is InChI=1S/C12H25N5O3S.ClH/c1-21(19,20)16-12(14)15-10(6-2-3-7-13)11(18)17-8-4-5-9-17;/h10H,2-9,13H2,1H3,(H3,14,15,16);1H. The van der Waals surface area contributed by atoms with Gasteiger partial charge in [-0.1, -0.05) is 0 Å². The van der Waals surface area contributed by atoms with Crippen molar-refractivity contribution in [1.29, 1.82) is 0 Å². The normalized spacial score (nSPS) is 17.0. The number of halogens is 1. The van der Waals surface area contributed by atoms with Gasteiger partial charge in [0.15, 0.2) is 0 Å². The number of nitrogens with zero attached hydrogens (tertiary/aromatic N) is 2. The lowest BCUT2D eigenvalue weighted by molar-refractivity contribution is -0.131. The summed E-state index contributed by atoms with van der Waals surface area (Å²) >= 11 is 0. The van der Waals surface area contributed by atoms with Crippen molar-refractivity contribution in [2.24, 2.45) is 16.5 Å². The average molecular weight is 356 g/mol. The molecule has 0 aliphatic carbocycles. The fourth-order valence-electron chi connectivity index (χ4n) is 2.26. The predicted molar refractivity (Wildman–Crippen MR) is 89.4 cm³/mol. The van der Waals surface area contributed by atoms with Crippen molar-refractivity contribution in [3.8, 4) is 0 Å². The summed E-state index contributed by atoms with van der Waals surface area (Å²) in [6.45, 7) is 1.99. The summed E-state index contributed by atoms with van der Waals surface area (Å²) in [7, 11) is -3.49. The highest BCUT2D eigenvalue weighted by Crippen LogP contribution is 2.14. The highest BCUT2D eigenvalue weighted by molar-refractivity contribution is 7.89. The third-order valence-corrected chi connectivity index (χ3v) is 3.80. The van der Waals surface area contributed by atoms with Crippen LogP contribution in [-0.2, 0) is 14.8 Å². The van der Waals surface area contributed by atoms with Crippen LogP contribution in [-0.4, -0.2) is 57.1 Å². The molecule has 0 spiro atoms. The van der Waals surface area contributed by atoms with Crippen molar-refractivity contribution in [3.63, 3.8) is 0 Å². The Labute approximate surface area is 138 Å². The molecule has 0 aromatic rings. The Morgan fingerprint density at radius 3 is 2.41 bits per heavy atom. The number of amides is 1. The predicted octanol–water partition coefficient (Wildman–Crippen LogP) is -0.608. The first-order chi connectivity index (χ1) is 9.83. The molecule has 1 unspecified atom stereocenters. The van der Waals surface area contributed by atoms with Gasteiger partial charge in [0.05, 0.1) is 6.26 Å². The Hall–Kier alpha value is -1.06. The summed E-state index contributed by atoms with van der Waals surface area (Å²) in [5.41, 5.74) is 11.0. The third kappa shape index (κ3) is 7.81. The average Bonchev–Trinajstić information content (AvgIpc) is 2.88. The number of hydrogen-bond acceptors (Lipinski definition) is 5. The van der Waals surface area contributed by atoms with Crippen molar-refractivity contribution in [2.45, 2.75) is 38.1 Å². The van der Waals surface area contributed by atoms with Gasteiger partial charge in [-0.15, -0.1) is 12.4 Å². The number of aliphatic imine (C=N–C) groups is 1. The van der Waals surface area contributed by atoms with E-state index in [1.54, 1.807) is 4.90 Å². The zero-order valence-electron chi connectivity index (χ0n) is 12.8. The number of carbonyl (C=O) groups is 1. The molecular weight excluding hydrogens is 330 g/mol. The van der Waals surface area contributed by atoms with E-state index in [0.29, 0.717) is 13.0 Å². The summed E-state index contributed by atoms with van der Waals surface area (Å²) in [6, 6.07) is -0.649. The van der Waals surface area contributed by atoms with E-state index in [9.17, 15) is 13.2 Å². The van der Waals surface area contributed by atoms with E-state index in [-0.39, 0.29) is 24.3 Å². The lowest BCUT2D eigenvalue weighted by Crippen LogP contribution is -2.41. The molecule has 0 bridgehead atoms. The molecule has 5 N–H and O–H groups in total. The van der Waals surface area contributed by atoms with Gasteiger partial charge in [0.2, 0.25) is 21.9 Å². The smallest absolute Gasteiger partial charge is 0.247 e. The van der Waals surface area contributed by atoms with E-state index in [2.05, 4.69) is 9.71 Å². The first-order valence-corrected chi connectivity index (χ1v) is 9.02. The van der Waals surface area contributed by atoms with Gasteiger partial charge in [0.25, 0.3) is 0 Å². The van der Waals surface area contributed by atoms with Crippen molar-refractivity contribution < 1.29 is 13.2 Å². The number of unbranched alkanes of at least 4 members (excludes halogenated alkanes) is 1. The molecule has 0 aromatic heterocycles. The topological polar surface area (TPSA) is 131 Å². The van der Waals surface area contributed by atoms with Crippen LogP contribution in [0.25, 0.3) is 0 Å². The molecule has 1 aliphatic rings. The number of nitrogens with one attached hydrogen (secondary N) is 1. The van der Waals surface area contributed by atoms with Gasteiger partial charge >= 0.3 is 0 Å². The fourth-order valence-corrected chi connectivity index (χ4v) is 2.69. The molecule has 22 heavy (non-hydrogen) atoms. The van der Waals surface area contributed by atoms with Gasteiger partial charge in [-0.2, -0.15) is 0 Å². The molecule has 0 saturated carbocycles. The van der Waals surface area contributed by atoms with Gasteiger partial charge in [-0.25, -0.2) is 13.4 Å². The molecule has 1 amide bonds. The largest absolute Gasteiger partial charge is 0.369 e. The zero-order chi connectivity index (χ0) is 15.9. The summed E-state index contributed by atoms with van der Waals surface area (Å²) in [6.07, 6.45) is 5.01. The monoisotopic (exact) mass is 355 g/mol. The first-order valence-electron chi connectivity index (χ1n) is 7.13. The number of hydrogen-bond donors (Lipinski definition) is 3. The Balaban J connectivity index is 0.00000441. The number of rotatable bonds is 7. The highest BCUT2D eigenvalue weighted by Gasteiger charge is 2.26. The van der Waals surface area contributed by atoms with Crippen LogP contribution in [0.2, 0.25) is 0 Å². The Kier molecular flexibility index (Phi) is 9.38. The van der Waals surface area contributed by atoms with Crippen LogP contribution in [0.1, 0.15) is 32.1 Å². The minimum Gasteiger partial charge on any atom is -0.369 e. The number of guanidine groups is 1. The molecule has 0 aromatic carbocycles. The van der Waals surface area contributed by atoms with E-state index < -0.39 is 16.1 Å². The van der Waals surface area contributed by atoms with Gasteiger partial charge < -0.3 is 16.4 Å². The molecule has 1 fully saturated rings. The number of nitrogens with two attached hydrogens (primary N) is 2. The van der Waals surface area contributed by atoms with E-state index in [1.165, 1.54) is 0 Å². The van der Waals surface area contributed by atoms with Crippen LogP contribution < -0.4 is 16.2 Å². The van der Waals surface area contributed by atoms with Crippen LogP contribution in [0.3, 0.4) is 0 Å². The summed E-state index contributed by atoms with van der Waals surface area (Å²) in [5.74, 6) is -0.342. The highest BCUT2D eigenvalue weighted by atomic mass is 35.5. The van der Waals surface area contributed by atoms with E-state index in [1.807, 2.05) is 0 Å². The quantitative estimate of drug-likeness (QED) is 0.318. The Morgan fingerprint density at radius 2 is 1.91 bits per heavy atom. The molecule has 1 rings (SSSR count). The first kappa shape index (κ1) is 20.9. The lowest BCUT2D eigenvalue weighted by Gasteiger charge is -2.21. The van der Waals surface area contributed by atoms with Gasteiger partial charge in [-0.05, 0) is 38.6 Å². The van der Waals surface area contributed by atoms with E-state index in [4.69, 9.17) is 11.5 Å². The zero-order valence-corrected chi connectivity index (χ0v) is 14.5. The summed E-state index contributed by atoms with van der Waals surface area (Å²) < 4.78 is 24.3. The second-order valence-corrected chi connectivity index (χ2v) is 6.97.